The summed E-state index contributed by atoms with van der Waals surface area (Å²) in [4.78, 5) is 70.9. The summed E-state index contributed by atoms with van der Waals surface area (Å²) >= 11 is 2.16. The molecule has 1 aromatic heterocycles. The first kappa shape index (κ1) is 40.6. The van der Waals surface area contributed by atoms with Crippen molar-refractivity contribution in [2.75, 3.05) is 45.9 Å². The van der Waals surface area contributed by atoms with Crippen molar-refractivity contribution < 1.29 is 52.4 Å². The zero-order valence-electron chi connectivity index (χ0n) is 31.7. The van der Waals surface area contributed by atoms with E-state index in [1.165, 1.54) is 23.8 Å². The van der Waals surface area contributed by atoms with Gasteiger partial charge in [-0.1, -0.05) is 23.4 Å². The lowest BCUT2D eigenvalue weighted by Gasteiger charge is -2.49. The van der Waals surface area contributed by atoms with Gasteiger partial charge in [-0.3, -0.25) is 19.8 Å². The highest BCUT2D eigenvalue weighted by atomic mass is 32.2. The summed E-state index contributed by atoms with van der Waals surface area (Å²) in [6.45, 7) is 9.08. The van der Waals surface area contributed by atoms with E-state index in [2.05, 4.69) is 25.1 Å². The highest BCUT2D eigenvalue weighted by Gasteiger charge is 2.54. The van der Waals surface area contributed by atoms with Crippen LogP contribution in [0.25, 0.3) is 0 Å². The number of methoxy groups -OCH3 is 2. The molecule has 0 bridgehead atoms. The van der Waals surface area contributed by atoms with E-state index < -0.39 is 46.7 Å². The number of thioether (sulfide) groups is 1. The standard InChI is InChI=1S/C35H45N7O10S2/c1-34(2,3)50-33(46)38-32-37-27(40-54-32)24(39-52-35(4,5)48-9)28(43)36-25-29(44)41-26(31(45)49-18-20-10-13-22(47-8)14-11-20)21(19-53-30(25)41)12-15-23-16-17-42(6,7)51-23/h10-15,23,25,30H,16-19H2,1-9H3,(H-,36,37,38,40,43,46)/p+1/b15-12+,39-24-/t23?,25-,30-/m1/s1. The van der Waals surface area contributed by atoms with Crippen LogP contribution in [0.5, 0.6) is 5.75 Å². The molecule has 4 heterocycles. The van der Waals surface area contributed by atoms with E-state index >= 15 is 0 Å². The minimum absolute atomic E-state index is 0.0357. The van der Waals surface area contributed by atoms with Gasteiger partial charge in [-0.15, -0.1) is 11.8 Å². The lowest BCUT2D eigenvalue weighted by molar-refractivity contribution is -1.06. The van der Waals surface area contributed by atoms with Gasteiger partial charge in [0.2, 0.25) is 22.5 Å². The fourth-order valence-electron chi connectivity index (χ4n) is 5.31. The zero-order chi connectivity index (χ0) is 39.4. The second kappa shape index (κ2) is 16.4. The number of aromatic nitrogens is 2. The number of nitrogens with one attached hydrogen (secondary N) is 2. The van der Waals surface area contributed by atoms with Crippen LogP contribution in [0.4, 0.5) is 9.93 Å². The van der Waals surface area contributed by atoms with Crippen molar-refractivity contribution in [3.05, 3.63) is 59.1 Å². The molecule has 54 heavy (non-hydrogen) atoms. The summed E-state index contributed by atoms with van der Waals surface area (Å²) in [7, 11) is 6.90. The number of β-lactam (4-membered cyclic amide) rings is 1. The molecule has 2 N–H and O–H groups in total. The molecule has 19 heteroatoms. The maximum absolute atomic E-state index is 13.9. The topological polar surface area (TPSA) is 189 Å². The Balaban J connectivity index is 1.36. The summed E-state index contributed by atoms with van der Waals surface area (Å²) in [5.41, 5.74) is 0.267. The number of oxime groups is 1. The molecule has 1 unspecified atom stereocenters. The van der Waals surface area contributed by atoms with Crippen LogP contribution in [0.15, 0.2) is 52.8 Å². The molecular weight excluding hydrogens is 743 g/mol. The molecule has 2 fully saturated rings. The summed E-state index contributed by atoms with van der Waals surface area (Å²) in [5.74, 6) is -2.47. The quantitative estimate of drug-likeness (QED) is 0.0747. The highest BCUT2D eigenvalue weighted by Crippen LogP contribution is 2.41. The highest BCUT2D eigenvalue weighted by molar-refractivity contribution is 8.00. The van der Waals surface area contributed by atoms with Crippen molar-refractivity contribution in [2.45, 2.75) is 76.6 Å². The van der Waals surface area contributed by atoms with Crippen molar-refractivity contribution in [2.24, 2.45) is 5.16 Å². The fraction of sp³-hybridized carbons (Fsp3) is 0.514. The summed E-state index contributed by atoms with van der Waals surface area (Å²) < 4.78 is 26.1. The summed E-state index contributed by atoms with van der Waals surface area (Å²) in [6, 6.07) is 6.03. The van der Waals surface area contributed by atoms with Gasteiger partial charge >= 0.3 is 12.1 Å². The van der Waals surface area contributed by atoms with Crippen LogP contribution in [-0.4, -0.2) is 118 Å². The first-order valence-electron chi connectivity index (χ1n) is 17.0. The molecule has 1 aromatic carbocycles. The number of hydroxylamine groups is 3. The third-order valence-electron chi connectivity index (χ3n) is 8.20. The van der Waals surface area contributed by atoms with Crippen LogP contribution in [0.1, 0.15) is 52.4 Å². The minimum atomic E-state index is -1.24. The number of carbonyl (C=O) groups excluding carboxylic acids is 4. The smallest absolute Gasteiger partial charge is 0.414 e. The molecule has 2 saturated heterocycles. The number of esters is 1. The zero-order valence-corrected chi connectivity index (χ0v) is 33.3. The van der Waals surface area contributed by atoms with Gasteiger partial charge in [-0.05, 0) is 50.1 Å². The Hall–Kier alpha value is -4.56. The van der Waals surface area contributed by atoms with Gasteiger partial charge in [0.05, 0.1) is 21.2 Å². The maximum atomic E-state index is 13.9. The van der Waals surface area contributed by atoms with Crippen molar-refractivity contribution >= 4 is 58.0 Å². The Morgan fingerprint density at radius 1 is 1.13 bits per heavy atom. The Morgan fingerprint density at radius 2 is 1.85 bits per heavy atom. The van der Waals surface area contributed by atoms with Crippen molar-refractivity contribution in [1.82, 2.24) is 19.6 Å². The number of quaternary nitrogens is 1. The molecule has 5 rings (SSSR count). The lowest BCUT2D eigenvalue weighted by atomic mass is 10.0. The number of carbonyl (C=O) groups is 4. The van der Waals surface area contributed by atoms with E-state index in [0.717, 1.165) is 30.1 Å². The first-order valence-corrected chi connectivity index (χ1v) is 18.8. The maximum Gasteiger partial charge on any atom is 0.414 e. The number of nitrogens with zero attached hydrogens (tertiary/aromatic N) is 5. The van der Waals surface area contributed by atoms with Gasteiger partial charge in [0, 0.05) is 44.7 Å². The Labute approximate surface area is 321 Å². The van der Waals surface area contributed by atoms with Crippen LogP contribution < -0.4 is 15.4 Å². The molecule has 3 aliphatic heterocycles. The minimum Gasteiger partial charge on any atom is -0.497 e. The normalized spacial score (nSPS) is 21.4. The number of anilines is 1. The van der Waals surface area contributed by atoms with Gasteiger partial charge in [0.1, 0.15) is 47.7 Å². The predicted octanol–water partition coefficient (Wildman–Crippen LogP) is 3.73. The van der Waals surface area contributed by atoms with E-state index in [4.69, 9.17) is 28.6 Å². The van der Waals surface area contributed by atoms with Crippen LogP contribution in [0.2, 0.25) is 0 Å². The summed E-state index contributed by atoms with van der Waals surface area (Å²) in [5, 5.41) is 8.57. The average Bonchev–Trinajstić information content (AvgIpc) is 3.72. The van der Waals surface area contributed by atoms with E-state index in [1.807, 2.05) is 20.2 Å². The number of benzene rings is 1. The van der Waals surface area contributed by atoms with Gasteiger partial charge in [0.25, 0.3) is 11.8 Å². The van der Waals surface area contributed by atoms with E-state index in [-0.39, 0.29) is 35.1 Å². The predicted molar refractivity (Wildman–Crippen MR) is 199 cm³/mol. The summed E-state index contributed by atoms with van der Waals surface area (Å²) in [6.07, 6.45) is 3.55. The fourth-order valence-corrected chi connectivity index (χ4v) is 7.19. The number of rotatable bonds is 13. The Kier molecular flexibility index (Phi) is 12.4. The van der Waals surface area contributed by atoms with Gasteiger partial charge in [-0.2, -0.15) is 18.8 Å². The molecular formula is C35H46N7O10S2+. The van der Waals surface area contributed by atoms with Crippen LogP contribution in [-0.2, 0) is 44.9 Å². The van der Waals surface area contributed by atoms with Crippen LogP contribution in [0.3, 0.4) is 0 Å². The largest absolute Gasteiger partial charge is 0.497 e. The molecule has 3 atom stereocenters. The van der Waals surface area contributed by atoms with Gasteiger partial charge < -0.3 is 29.1 Å². The third-order valence-corrected chi connectivity index (χ3v) is 10.1. The molecule has 3 aliphatic rings. The van der Waals surface area contributed by atoms with Gasteiger partial charge in [0.15, 0.2) is 0 Å². The lowest BCUT2D eigenvalue weighted by Crippen LogP contribution is -2.71. The Morgan fingerprint density at radius 3 is 2.48 bits per heavy atom. The second-order valence-corrected chi connectivity index (χ2v) is 16.3. The number of amides is 3. The molecule has 0 radical (unpaired) electrons. The molecule has 292 valence electrons. The molecule has 0 aliphatic carbocycles. The van der Waals surface area contributed by atoms with Crippen LogP contribution in [0, 0.1) is 0 Å². The molecule has 0 saturated carbocycles. The van der Waals surface area contributed by atoms with Gasteiger partial charge in [-0.25, -0.2) is 9.59 Å². The number of fused-ring (bicyclic) bond motifs is 1. The third kappa shape index (κ3) is 10.1. The van der Waals surface area contributed by atoms with Crippen molar-refractivity contribution in [3.63, 3.8) is 0 Å². The van der Waals surface area contributed by atoms with E-state index in [0.29, 0.717) is 21.7 Å². The number of hydrogen-bond donors (Lipinski definition) is 2. The molecule has 2 aromatic rings. The SMILES string of the molecule is COc1ccc(COC(=O)C2=C(/C=C/C3CC[N+](C)(C)O3)CS[C@@H]3[C@H](NC(=O)/C(=N\OC(C)(C)OC)c4nsc(NC(=O)OC(C)(C)C)n4)C(=O)N23)cc1. The van der Waals surface area contributed by atoms with Crippen molar-refractivity contribution in [3.8, 4) is 5.75 Å². The molecule has 17 nitrogen and oxygen atoms in total. The number of ether oxygens (including phenoxy) is 4. The van der Waals surface area contributed by atoms with E-state index in [9.17, 15) is 19.2 Å². The second-order valence-electron chi connectivity index (χ2n) is 14.4. The number of hydrogen-bond acceptors (Lipinski definition) is 15. The molecule has 0 spiro atoms. The van der Waals surface area contributed by atoms with Crippen LogP contribution >= 0.6 is 23.3 Å². The first-order chi connectivity index (χ1) is 25.4. The molecule has 3 amide bonds. The Bertz CT molecular complexity index is 1840. The van der Waals surface area contributed by atoms with E-state index in [1.54, 1.807) is 72.1 Å². The monoisotopic (exact) mass is 788 g/mol. The van der Waals surface area contributed by atoms with Crippen molar-refractivity contribution in [1.29, 1.82) is 0 Å². The number of allylic oxidation sites excluding steroid dienone is 1. The average molecular weight is 789 g/mol.